The van der Waals surface area contributed by atoms with E-state index < -0.39 is 0 Å². The molecule has 3 aromatic rings. The summed E-state index contributed by atoms with van der Waals surface area (Å²) in [7, 11) is 0. The molecule has 0 radical (unpaired) electrons. The van der Waals surface area contributed by atoms with Crippen LogP contribution in [0.3, 0.4) is 0 Å². The molecule has 0 saturated heterocycles. The first-order valence-corrected chi connectivity index (χ1v) is 9.23. The highest BCUT2D eigenvalue weighted by Gasteiger charge is 2.24. The van der Waals surface area contributed by atoms with Gasteiger partial charge in [0.1, 0.15) is 5.82 Å². The molecule has 1 atom stereocenters. The van der Waals surface area contributed by atoms with Crippen LogP contribution in [-0.2, 0) is 24.2 Å². The highest BCUT2D eigenvalue weighted by molar-refractivity contribution is 5.90. The summed E-state index contributed by atoms with van der Waals surface area (Å²) in [4.78, 5) is 12.6. The summed E-state index contributed by atoms with van der Waals surface area (Å²) in [5.41, 5.74) is 3.99. The Labute approximate surface area is 153 Å². The van der Waals surface area contributed by atoms with Crippen molar-refractivity contribution in [2.45, 2.75) is 38.1 Å². The van der Waals surface area contributed by atoms with Gasteiger partial charge >= 0.3 is 0 Å². The van der Waals surface area contributed by atoms with Crippen molar-refractivity contribution in [1.29, 1.82) is 0 Å². The van der Waals surface area contributed by atoms with E-state index in [1.807, 2.05) is 28.9 Å². The molecule has 132 valence electrons. The summed E-state index contributed by atoms with van der Waals surface area (Å²) in [6.07, 6.45) is 5.29. The summed E-state index contributed by atoms with van der Waals surface area (Å²) in [6.45, 7) is 0.749. The molecule has 0 bridgehead atoms. The molecule has 1 N–H and O–H groups in total. The first kappa shape index (κ1) is 16.6. The number of aromatic nitrogens is 2. The molecule has 1 aliphatic rings. The predicted molar refractivity (Wildman–Crippen MR) is 103 cm³/mol. The minimum absolute atomic E-state index is 0.0631. The number of hydrogen-bond acceptors (Lipinski definition) is 2. The van der Waals surface area contributed by atoms with Gasteiger partial charge in [0.05, 0.1) is 6.20 Å². The zero-order valence-corrected chi connectivity index (χ0v) is 14.8. The van der Waals surface area contributed by atoms with E-state index in [-0.39, 0.29) is 5.91 Å². The maximum Gasteiger partial charge on any atom is 0.226 e. The quantitative estimate of drug-likeness (QED) is 0.728. The molecule has 0 spiro atoms. The Kier molecular flexibility index (Phi) is 4.82. The van der Waals surface area contributed by atoms with Gasteiger partial charge in [-0.3, -0.25) is 4.79 Å². The van der Waals surface area contributed by atoms with Crippen molar-refractivity contribution in [1.82, 2.24) is 9.78 Å². The van der Waals surface area contributed by atoms with Crippen LogP contribution >= 0.6 is 0 Å². The number of rotatable bonds is 6. The Bertz CT molecular complexity index is 885. The van der Waals surface area contributed by atoms with E-state index in [1.54, 1.807) is 6.20 Å². The van der Waals surface area contributed by atoms with Gasteiger partial charge in [-0.1, -0.05) is 54.6 Å². The van der Waals surface area contributed by atoms with Gasteiger partial charge in [-0.05, 0) is 41.9 Å². The first-order chi connectivity index (χ1) is 12.8. The van der Waals surface area contributed by atoms with Gasteiger partial charge < -0.3 is 5.32 Å². The Morgan fingerprint density at radius 2 is 1.88 bits per heavy atom. The zero-order chi connectivity index (χ0) is 17.8. The van der Waals surface area contributed by atoms with Crippen LogP contribution in [0.5, 0.6) is 0 Å². The van der Waals surface area contributed by atoms with Crippen molar-refractivity contribution in [2.24, 2.45) is 0 Å². The fourth-order valence-electron chi connectivity index (χ4n) is 3.77. The summed E-state index contributed by atoms with van der Waals surface area (Å²) >= 11 is 0. The number of fused-ring (bicyclic) bond motifs is 1. The monoisotopic (exact) mass is 345 g/mol. The highest BCUT2D eigenvalue weighted by Crippen LogP contribution is 2.35. The van der Waals surface area contributed by atoms with Crippen LogP contribution in [0.4, 0.5) is 5.82 Å². The zero-order valence-electron chi connectivity index (χ0n) is 14.8. The average molecular weight is 345 g/mol. The van der Waals surface area contributed by atoms with Crippen LogP contribution in [0.2, 0.25) is 0 Å². The molecule has 1 amide bonds. The molecule has 0 aliphatic heterocycles. The SMILES string of the molecule is O=C(CC1CCc2ccccc21)Nc1ccnn1CCc1ccccc1. The van der Waals surface area contributed by atoms with Gasteiger partial charge in [-0.2, -0.15) is 5.10 Å². The average Bonchev–Trinajstić information content (AvgIpc) is 3.28. The summed E-state index contributed by atoms with van der Waals surface area (Å²) < 4.78 is 1.87. The van der Waals surface area contributed by atoms with E-state index in [1.165, 1.54) is 16.7 Å². The second kappa shape index (κ2) is 7.56. The van der Waals surface area contributed by atoms with Gasteiger partial charge in [0.2, 0.25) is 5.91 Å². The minimum atomic E-state index is 0.0631. The van der Waals surface area contributed by atoms with Crippen LogP contribution < -0.4 is 5.32 Å². The maximum atomic E-state index is 12.6. The normalized spacial score (nSPS) is 15.6. The van der Waals surface area contributed by atoms with Crippen LogP contribution in [0, 0.1) is 0 Å². The Morgan fingerprint density at radius 3 is 2.77 bits per heavy atom. The largest absolute Gasteiger partial charge is 0.311 e. The lowest BCUT2D eigenvalue weighted by molar-refractivity contribution is -0.116. The summed E-state index contributed by atoms with van der Waals surface area (Å²) in [6, 6.07) is 20.7. The number of carbonyl (C=O) groups excluding carboxylic acids is 1. The molecule has 4 heteroatoms. The lowest BCUT2D eigenvalue weighted by atomic mass is 9.97. The Hall–Kier alpha value is -2.88. The van der Waals surface area contributed by atoms with Crippen LogP contribution in [0.1, 0.15) is 35.4 Å². The number of benzene rings is 2. The van der Waals surface area contributed by atoms with E-state index in [4.69, 9.17) is 0 Å². The molecular formula is C22H23N3O. The number of nitrogens with one attached hydrogen (secondary N) is 1. The van der Waals surface area contributed by atoms with E-state index >= 15 is 0 Å². The molecule has 4 nitrogen and oxygen atoms in total. The number of aryl methyl sites for hydroxylation is 3. The Morgan fingerprint density at radius 1 is 1.08 bits per heavy atom. The third-order valence-corrected chi connectivity index (χ3v) is 5.13. The maximum absolute atomic E-state index is 12.6. The molecule has 1 unspecified atom stereocenters. The van der Waals surface area contributed by atoms with E-state index in [0.717, 1.165) is 31.6 Å². The van der Waals surface area contributed by atoms with Gasteiger partial charge in [-0.25, -0.2) is 4.68 Å². The van der Waals surface area contributed by atoms with Crippen LogP contribution in [-0.4, -0.2) is 15.7 Å². The molecule has 2 aromatic carbocycles. The molecule has 4 rings (SSSR count). The van der Waals surface area contributed by atoms with Crippen molar-refractivity contribution in [2.75, 3.05) is 5.32 Å². The molecule has 1 heterocycles. The number of hydrogen-bond donors (Lipinski definition) is 1. The molecule has 0 saturated carbocycles. The van der Waals surface area contributed by atoms with Gasteiger partial charge in [0.25, 0.3) is 0 Å². The number of amides is 1. The van der Waals surface area contributed by atoms with Crippen molar-refractivity contribution in [3.8, 4) is 0 Å². The molecular weight excluding hydrogens is 322 g/mol. The standard InChI is InChI=1S/C22H23N3O/c26-22(16-19-11-10-18-8-4-5-9-20(18)19)24-21-12-14-23-25(21)15-13-17-6-2-1-3-7-17/h1-9,12,14,19H,10-11,13,15-16H2,(H,24,26). The fraction of sp³-hybridized carbons (Fsp3) is 0.273. The van der Waals surface area contributed by atoms with Crippen molar-refractivity contribution in [3.05, 3.63) is 83.6 Å². The first-order valence-electron chi connectivity index (χ1n) is 9.23. The Balaban J connectivity index is 1.36. The fourth-order valence-corrected chi connectivity index (χ4v) is 3.77. The second-order valence-electron chi connectivity index (χ2n) is 6.86. The number of nitrogens with zero attached hydrogens (tertiary/aromatic N) is 2. The number of anilines is 1. The summed E-state index contributed by atoms with van der Waals surface area (Å²) in [5, 5.41) is 7.40. The van der Waals surface area contributed by atoms with E-state index in [9.17, 15) is 4.79 Å². The van der Waals surface area contributed by atoms with Gasteiger partial charge in [0, 0.05) is 19.0 Å². The van der Waals surface area contributed by atoms with Crippen molar-refractivity contribution >= 4 is 11.7 Å². The predicted octanol–water partition coefficient (Wildman–Crippen LogP) is 4.18. The third kappa shape index (κ3) is 3.69. The lowest BCUT2D eigenvalue weighted by Crippen LogP contribution is -2.18. The second-order valence-corrected chi connectivity index (χ2v) is 6.86. The van der Waals surface area contributed by atoms with Gasteiger partial charge in [0.15, 0.2) is 0 Å². The number of carbonyl (C=O) groups is 1. The topological polar surface area (TPSA) is 46.9 Å². The summed E-state index contributed by atoms with van der Waals surface area (Å²) in [5.74, 6) is 1.16. The van der Waals surface area contributed by atoms with E-state index in [2.05, 4.69) is 46.8 Å². The smallest absolute Gasteiger partial charge is 0.226 e. The highest BCUT2D eigenvalue weighted by atomic mass is 16.1. The van der Waals surface area contributed by atoms with Crippen molar-refractivity contribution < 1.29 is 4.79 Å². The van der Waals surface area contributed by atoms with E-state index in [0.29, 0.717) is 12.3 Å². The lowest BCUT2D eigenvalue weighted by Gasteiger charge is -2.13. The van der Waals surface area contributed by atoms with Crippen molar-refractivity contribution in [3.63, 3.8) is 0 Å². The third-order valence-electron chi connectivity index (χ3n) is 5.13. The molecule has 26 heavy (non-hydrogen) atoms. The van der Waals surface area contributed by atoms with Crippen LogP contribution in [0.15, 0.2) is 66.9 Å². The van der Waals surface area contributed by atoms with Crippen LogP contribution in [0.25, 0.3) is 0 Å². The molecule has 1 aliphatic carbocycles. The minimum Gasteiger partial charge on any atom is -0.311 e. The molecule has 1 aromatic heterocycles. The molecule has 0 fully saturated rings. The van der Waals surface area contributed by atoms with Gasteiger partial charge in [-0.15, -0.1) is 0 Å².